The second kappa shape index (κ2) is 4.63. The van der Waals surface area contributed by atoms with E-state index in [1.807, 2.05) is 19.9 Å². The Bertz CT molecular complexity index is 369. The zero-order chi connectivity index (χ0) is 11.4. The molecule has 0 saturated heterocycles. The van der Waals surface area contributed by atoms with Crippen molar-refractivity contribution in [1.82, 2.24) is 15.3 Å². The Morgan fingerprint density at radius 3 is 2.40 bits per heavy atom. The van der Waals surface area contributed by atoms with Crippen molar-refractivity contribution >= 4 is 12.1 Å². The second-order valence-corrected chi connectivity index (χ2v) is 3.27. The Hall–Kier alpha value is -1.78. The SMILES string of the molecule is CNC(=O)C(C=N)c1nc(C)cc(C)n1. The van der Waals surface area contributed by atoms with Crippen LogP contribution in [0.4, 0.5) is 0 Å². The molecule has 1 heterocycles. The molecule has 5 nitrogen and oxygen atoms in total. The van der Waals surface area contributed by atoms with Gasteiger partial charge < -0.3 is 10.7 Å². The molecule has 0 aliphatic rings. The molecule has 1 amide bonds. The average molecular weight is 206 g/mol. The maximum Gasteiger partial charge on any atom is 0.235 e. The predicted octanol–water partition coefficient (Wildman–Crippen LogP) is 0.573. The second-order valence-electron chi connectivity index (χ2n) is 3.27. The molecule has 0 aliphatic carbocycles. The topological polar surface area (TPSA) is 78.7 Å². The number of hydrogen-bond donors (Lipinski definition) is 2. The predicted molar refractivity (Wildman–Crippen MR) is 57.1 cm³/mol. The maximum atomic E-state index is 11.4. The average Bonchev–Trinajstić information content (AvgIpc) is 2.17. The Morgan fingerprint density at radius 2 is 2.00 bits per heavy atom. The van der Waals surface area contributed by atoms with Gasteiger partial charge in [0.2, 0.25) is 5.91 Å². The normalized spacial score (nSPS) is 11.9. The summed E-state index contributed by atoms with van der Waals surface area (Å²) in [6.07, 6.45) is 1.05. The zero-order valence-corrected chi connectivity index (χ0v) is 9.03. The van der Waals surface area contributed by atoms with Crippen molar-refractivity contribution in [3.63, 3.8) is 0 Å². The lowest BCUT2D eigenvalue weighted by molar-refractivity contribution is -0.120. The zero-order valence-electron chi connectivity index (χ0n) is 9.03. The number of carbonyl (C=O) groups excluding carboxylic acids is 1. The van der Waals surface area contributed by atoms with E-state index >= 15 is 0 Å². The van der Waals surface area contributed by atoms with Gasteiger partial charge in [-0.05, 0) is 19.9 Å². The third-order valence-corrected chi connectivity index (χ3v) is 1.97. The summed E-state index contributed by atoms with van der Waals surface area (Å²) in [4.78, 5) is 19.7. The summed E-state index contributed by atoms with van der Waals surface area (Å²) in [5.74, 6) is -0.592. The van der Waals surface area contributed by atoms with Crippen molar-refractivity contribution in [2.45, 2.75) is 19.8 Å². The smallest absolute Gasteiger partial charge is 0.235 e. The highest BCUT2D eigenvalue weighted by Crippen LogP contribution is 2.10. The molecule has 15 heavy (non-hydrogen) atoms. The van der Waals surface area contributed by atoms with Gasteiger partial charge in [-0.1, -0.05) is 0 Å². The Kier molecular flexibility index (Phi) is 3.49. The molecule has 1 aromatic rings. The minimum Gasteiger partial charge on any atom is -0.358 e. The van der Waals surface area contributed by atoms with Crippen molar-refractivity contribution in [3.05, 3.63) is 23.3 Å². The molecule has 5 heteroatoms. The van der Waals surface area contributed by atoms with E-state index < -0.39 is 5.92 Å². The van der Waals surface area contributed by atoms with Crippen LogP contribution in [-0.4, -0.2) is 29.1 Å². The fourth-order valence-electron chi connectivity index (χ4n) is 1.32. The fourth-order valence-corrected chi connectivity index (χ4v) is 1.32. The van der Waals surface area contributed by atoms with E-state index in [2.05, 4.69) is 15.3 Å². The molecule has 0 aliphatic heterocycles. The van der Waals surface area contributed by atoms with Crippen LogP contribution in [0.25, 0.3) is 0 Å². The van der Waals surface area contributed by atoms with Gasteiger partial charge in [0.1, 0.15) is 11.7 Å². The largest absolute Gasteiger partial charge is 0.358 e. The van der Waals surface area contributed by atoms with Gasteiger partial charge in [-0.25, -0.2) is 9.97 Å². The number of aryl methyl sites for hydroxylation is 2. The Balaban J connectivity index is 3.12. The minimum absolute atomic E-state index is 0.269. The van der Waals surface area contributed by atoms with E-state index in [1.54, 1.807) is 0 Å². The molecule has 0 radical (unpaired) electrons. The minimum atomic E-state index is -0.700. The molecule has 1 unspecified atom stereocenters. The Labute approximate surface area is 88.5 Å². The van der Waals surface area contributed by atoms with Crippen LogP contribution >= 0.6 is 0 Å². The third kappa shape index (κ3) is 2.59. The van der Waals surface area contributed by atoms with Crippen molar-refractivity contribution in [2.75, 3.05) is 7.05 Å². The van der Waals surface area contributed by atoms with E-state index in [0.29, 0.717) is 5.82 Å². The number of hydrogen-bond acceptors (Lipinski definition) is 4. The molecule has 0 fully saturated rings. The van der Waals surface area contributed by atoms with Crippen LogP contribution in [0.1, 0.15) is 23.1 Å². The summed E-state index contributed by atoms with van der Waals surface area (Å²) in [7, 11) is 1.53. The van der Waals surface area contributed by atoms with E-state index in [-0.39, 0.29) is 5.91 Å². The first kappa shape index (κ1) is 11.3. The number of rotatable bonds is 3. The van der Waals surface area contributed by atoms with Crippen molar-refractivity contribution in [1.29, 1.82) is 5.41 Å². The molecule has 0 spiro atoms. The summed E-state index contributed by atoms with van der Waals surface area (Å²) in [5.41, 5.74) is 1.60. The summed E-state index contributed by atoms with van der Waals surface area (Å²) in [6, 6.07) is 1.83. The number of likely N-dealkylation sites (N-methyl/N-ethyl adjacent to an activating group) is 1. The number of aromatic nitrogens is 2. The molecule has 80 valence electrons. The van der Waals surface area contributed by atoms with Gasteiger partial charge in [0, 0.05) is 24.7 Å². The molecular formula is C10H14N4O. The molecular weight excluding hydrogens is 192 g/mol. The van der Waals surface area contributed by atoms with Crippen molar-refractivity contribution < 1.29 is 4.79 Å². The lowest BCUT2D eigenvalue weighted by Crippen LogP contribution is -2.28. The summed E-state index contributed by atoms with van der Waals surface area (Å²) < 4.78 is 0. The molecule has 0 aromatic carbocycles. The number of amides is 1. The first-order valence-corrected chi connectivity index (χ1v) is 4.63. The molecule has 0 bridgehead atoms. The van der Waals surface area contributed by atoms with Gasteiger partial charge in [-0.2, -0.15) is 0 Å². The standard InChI is InChI=1S/C10H14N4O/c1-6-4-7(2)14-9(13-6)8(5-11)10(15)12-3/h4-5,8,11H,1-3H3,(H,12,15). The maximum absolute atomic E-state index is 11.4. The van der Waals surface area contributed by atoms with Crippen LogP contribution in [0.15, 0.2) is 6.07 Å². The highest BCUT2D eigenvalue weighted by molar-refractivity contribution is 5.97. The van der Waals surface area contributed by atoms with E-state index in [1.165, 1.54) is 7.05 Å². The van der Waals surface area contributed by atoms with Gasteiger partial charge in [0.25, 0.3) is 0 Å². The van der Waals surface area contributed by atoms with Crippen LogP contribution < -0.4 is 5.32 Å². The van der Waals surface area contributed by atoms with E-state index in [0.717, 1.165) is 17.6 Å². The van der Waals surface area contributed by atoms with Crippen molar-refractivity contribution in [2.24, 2.45) is 0 Å². The number of carbonyl (C=O) groups is 1. The fraction of sp³-hybridized carbons (Fsp3) is 0.400. The van der Waals surface area contributed by atoms with Crippen LogP contribution in [0, 0.1) is 19.3 Å². The first-order chi connectivity index (χ1) is 7.08. The van der Waals surface area contributed by atoms with Crippen molar-refractivity contribution in [3.8, 4) is 0 Å². The van der Waals surface area contributed by atoms with Crippen LogP contribution in [0.5, 0.6) is 0 Å². The summed E-state index contributed by atoms with van der Waals surface area (Å²) >= 11 is 0. The molecule has 0 saturated carbocycles. The highest BCUT2D eigenvalue weighted by Gasteiger charge is 2.20. The molecule has 1 rings (SSSR count). The van der Waals surface area contributed by atoms with E-state index in [9.17, 15) is 4.79 Å². The third-order valence-electron chi connectivity index (χ3n) is 1.97. The van der Waals surface area contributed by atoms with Gasteiger partial charge in [-0.15, -0.1) is 0 Å². The van der Waals surface area contributed by atoms with Crippen LogP contribution in [0.2, 0.25) is 0 Å². The molecule has 1 aromatic heterocycles. The first-order valence-electron chi connectivity index (χ1n) is 4.63. The van der Waals surface area contributed by atoms with Crippen LogP contribution in [0.3, 0.4) is 0 Å². The highest BCUT2D eigenvalue weighted by atomic mass is 16.1. The van der Waals surface area contributed by atoms with Gasteiger partial charge in [0.05, 0.1) is 0 Å². The Morgan fingerprint density at radius 1 is 1.47 bits per heavy atom. The van der Waals surface area contributed by atoms with Gasteiger partial charge in [0.15, 0.2) is 0 Å². The quantitative estimate of drug-likeness (QED) is 0.710. The van der Waals surface area contributed by atoms with E-state index in [4.69, 9.17) is 5.41 Å². The monoisotopic (exact) mass is 206 g/mol. The number of nitrogens with zero attached hydrogens (tertiary/aromatic N) is 2. The lowest BCUT2D eigenvalue weighted by atomic mass is 10.1. The summed E-state index contributed by atoms with van der Waals surface area (Å²) in [5, 5.41) is 9.69. The molecule has 2 N–H and O–H groups in total. The molecule has 1 atom stereocenters. The summed E-state index contributed by atoms with van der Waals surface area (Å²) in [6.45, 7) is 3.67. The van der Waals surface area contributed by atoms with Crippen LogP contribution in [-0.2, 0) is 4.79 Å². The van der Waals surface area contributed by atoms with Gasteiger partial charge >= 0.3 is 0 Å². The lowest BCUT2D eigenvalue weighted by Gasteiger charge is -2.09. The number of nitrogens with one attached hydrogen (secondary N) is 2. The van der Waals surface area contributed by atoms with Gasteiger partial charge in [-0.3, -0.25) is 4.79 Å².